The molecule has 23 heavy (non-hydrogen) atoms. The molecule has 0 fully saturated rings. The highest BCUT2D eigenvalue weighted by molar-refractivity contribution is 6.30. The zero-order chi connectivity index (χ0) is 16.5. The maximum Gasteiger partial charge on any atom is 0.347 e. The fraction of sp³-hybridized carbons (Fsp3) is 0.176. The van der Waals surface area contributed by atoms with E-state index in [1.165, 1.54) is 6.21 Å². The second-order valence-electron chi connectivity index (χ2n) is 4.57. The Morgan fingerprint density at radius 3 is 2.70 bits per heavy atom. The molecule has 6 heteroatoms. The monoisotopic (exact) mass is 333 g/mol. The first-order valence-electron chi connectivity index (χ1n) is 6.87. The minimum atomic E-state index is -0.503. The third-order valence-electron chi connectivity index (χ3n) is 2.86. The summed E-state index contributed by atoms with van der Waals surface area (Å²) in [4.78, 5) is 16.4. The van der Waals surface area contributed by atoms with Gasteiger partial charge in [-0.25, -0.2) is 4.79 Å². The third-order valence-corrected chi connectivity index (χ3v) is 3.10. The topological polar surface area (TPSA) is 57.1 Å². The van der Waals surface area contributed by atoms with E-state index >= 15 is 0 Å². The van der Waals surface area contributed by atoms with Crippen molar-refractivity contribution in [1.29, 1.82) is 0 Å². The highest BCUT2D eigenvalue weighted by Gasteiger charge is 2.04. The van der Waals surface area contributed by atoms with Crippen LogP contribution in [0.2, 0.25) is 5.02 Å². The minimum Gasteiger partial charge on any atom is -0.497 e. The average Bonchev–Trinajstić information content (AvgIpc) is 2.57. The standard InChI is InChI=1S/C17H16ClNO4/c1-21-16-7-5-13(6-8-16)10-19-23-12-17(20)22-11-14-3-2-4-15(18)9-14/h2-10H,11-12H2,1H3/b19-10+. The molecule has 2 rings (SSSR count). The first kappa shape index (κ1) is 16.8. The van der Waals surface area contributed by atoms with Gasteiger partial charge in [0.2, 0.25) is 6.61 Å². The third kappa shape index (κ3) is 6.00. The second-order valence-corrected chi connectivity index (χ2v) is 5.01. The molecule has 0 bridgehead atoms. The molecule has 0 N–H and O–H groups in total. The number of rotatable bonds is 7. The molecule has 0 radical (unpaired) electrons. The van der Waals surface area contributed by atoms with Crippen molar-refractivity contribution in [3.8, 4) is 5.75 Å². The Kier molecular flexibility index (Phi) is 6.44. The molecule has 0 heterocycles. The number of esters is 1. The van der Waals surface area contributed by atoms with Crippen molar-refractivity contribution in [3.05, 3.63) is 64.7 Å². The minimum absolute atomic E-state index is 0.144. The number of hydrogen-bond acceptors (Lipinski definition) is 5. The maximum absolute atomic E-state index is 11.5. The zero-order valence-electron chi connectivity index (χ0n) is 12.6. The van der Waals surface area contributed by atoms with Gasteiger partial charge in [-0.15, -0.1) is 0 Å². The summed E-state index contributed by atoms with van der Waals surface area (Å²) < 4.78 is 10.1. The molecule has 0 aromatic heterocycles. The molecule has 0 saturated heterocycles. The summed E-state index contributed by atoms with van der Waals surface area (Å²) in [6, 6.07) is 14.4. The Bertz CT molecular complexity index is 671. The lowest BCUT2D eigenvalue weighted by Crippen LogP contribution is -2.10. The Morgan fingerprint density at radius 2 is 2.00 bits per heavy atom. The summed E-state index contributed by atoms with van der Waals surface area (Å²) in [7, 11) is 1.60. The number of carbonyl (C=O) groups is 1. The van der Waals surface area contributed by atoms with Gasteiger partial charge in [0.05, 0.1) is 13.3 Å². The van der Waals surface area contributed by atoms with Crippen molar-refractivity contribution in [1.82, 2.24) is 0 Å². The summed E-state index contributed by atoms with van der Waals surface area (Å²) in [5, 5.41) is 4.31. The molecular weight excluding hydrogens is 318 g/mol. The van der Waals surface area contributed by atoms with Gasteiger partial charge in [-0.1, -0.05) is 28.9 Å². The van der Waals surface area contributed by atoms with Crippen molar-refractivity contribution >= 4 is 23.8 Å². The van der Waals surface area contributed by atoms with Crippen LogP contribution in [0, 0.1) is 0 Å². The fourth-order valence-corrected chi connectivity index (χ4v) is 1.92. The van der Waals surface area contributed by atoms with Gasteiger partial charge >= 0.3 is 5.97 Å². The summed E-state index contributed by atoms with van der Waals surface area (Å²) >= 11 is 5.85. The molecule has 0 spiro atoms. The van der Waals surface area contributed by atoms with Crippen LogP contribution in [0.4, 0.5) is 0 Å². The van der Waals surface area contributed by atoms with E-state index in [1.54, 1.807) is 37.4 Å². The van der Waals surface area contributed by atoms with Crippen LogP contribution in [0.1, 0.15) is 11.1 Å². The maximum atomic E-state index is 11.5. The molecule has 0 aliphatic rings. The number of nitrogens with zero attached hydrogens (tertiary/aromatic N) is 1. The van der Waals surface area contributed by atoms with Gasteiger partial charge < -0.3 is 14.3 Å². The van der Waals surface area contributed by atoms with Gasteiger partial charge in [0.15, 0.2) is 0 Å². The fourth-order valence-electron chi connectivity index (χ4n) is 1.71. The van der Waals surface area contributed by atoms with Gasteiger partial charge in [-0.2, -0.15) is 0 Å². The molecule has 0 aliphatic heterocycles. The number of oxime groups is 1. The van der Waals surface area contributed by atoms with E-state index in [0.717, 1.165) is 16.9 Å². The first-order chi connectivity index (χ1) is 11.2. The lowest BCUT2D eigenvalue weighted by molar-refractivity contribution is -0.150. The SMILES string of the molecule is COc1ccc(/C=N/OCC(=O)OCc2cccc(Cl)c2)cc1. The van der Waals surface area contributed by atoms with Crippen molar-refractivity contribution in [2.45, 2.75) is 6.61 Å². The zero-order valence-corrected chi connectivity index (χ0v) is 13.3. The average molecular weight is 334 g/mol. The Morgan fingerprint density at radius 1 is 1.22 bits per heavy atom. The van der Waals surface area contributed by atoms with Gasteiger partial charge in [0.1, 0.15) is 12.4 Å². The molecule has 2 aromatic carbocycles. The van der Waals surface area contributed by atoms with Gasteiger partial charge in [-0.05, 0) is 47.5 Å². The van der Waals surface area contributed by atoms with E-state index in [9.17, 15) is 4.79 Å². The van der Waals surface area contributed by atoms with Crippen LogP contribution in [0.5, 0.6) is 5.75 Å². The molecule has 0 atom stereocenters. The summed E-state index contributed by atoms with van der Waals surface area (Å²) in [6.07, 6.45) is 1.50. The number of carbonyl (C=O) groups excluding carboxylic acids is 1. The number of halogens is 1. The number of benzene rings is 2. The molecule has 120 valence electrons. The quantitative estimate of drug-likeness (QED) is 0.442. The molecule has 0 amide bonds. The van der Waals surface area contributed by atoms with E-state index in [2.05, 4.69) is 5.16 Å². The predicted molar refractivity (Wildman–Crippen MR) is 87.8 cm³/mol. The van der Waals surface area contributed by atoms with Crippen molar-refractivity contribution < 1.29 is 19.1 Å². The molecule has 0 unspecified atom stereocenters. The molecule has 0 aliphatic carbocycles. The smallest absolute Gasteiger partial charge is 0.347 e. The highest BCUT2D eigenvalue weighted by Crippen LogP contribution is 2.11. The Balaban J connectivity index is 1.70. The second kappa shape index (κ2) is 8.80. The van der Waals surface area contributed by atoms with Crippen LogP contribution in [-0.4, -0.2) is 25.9 Å². The van der Waals surface area contributed by atoms with Crippen LogP contribution < -0.4 is 4.74 Å². The van der Waals surface area contributed by atoms with Crippen LogP contribution in [0.15, 0.2) is 53.7 Å². The lowest BCUT2D eigenvalue weighted by Gasteiger charge is -2.04. The van der Waals surface area contributed by atoms with E-state index in [4.69, 9.17) is 25.9 Å². The Hall–Kier alpha value is -2.53. The lowest BCUT2D eigenvalue weighted by atomic mass is 10.2. The Labute approximate surface area is 139 Å². The number of hydrogen-bond donors (Lipinski definition) is 0. The molecule has 0 saturated carbocycles. The van der Waals surface area contributed by atoms with Gasteiger partial charge in [0.25, 0.3) is 0 Å². The van der Waals surface area contributed by atoms with E-state index < -0.39 is 5.97 Å². The summed E-state index contributed by atoms with van der Waals surface area (Å²) in [5.74, 6) is 0.254. The molecule has 2 aromatic rings. The van der Waals surface area contributed by atoms with Crippen molar-refractivity contribution in [3.63, 3.8) is 0 Å². The van der Waals surface area contributed by atoms with Crippen LogP contribution in [-0.2, 0) is 21.0 Å². The highest BCUT2D eigenvalue weighted by atomic mass is 35.5. The van der Waals surface area contributed by atoms with Crippen LogP contribution >= 0.6 is 11.6 Å². The van der Waals surface area contributed by atoms with E-state index in [-0.39, 0.29) is 13.2 Å². The van der Waals surface area contributed by atoms with Gasteiger partial charge in [0, 0.05) is 5.02 Å². The van der Waals surface area contributed by atoms with E-state index in [0.29, 0.717) is 5.02 Å². The van der Waals surface area contributed by atoms with Crippen LogP contribution in [0.25, 0.3) is 0 Å². The van der Waals surface area contributed by atoms with Gasteiger partial charge in [-0.3, -0.25) is 0 Å². The number of methoxy groups -OCH3 is 1. The first-order valence-corrected chi connectivity index (χ1v) is 7.24. The van der Waals surface area contributed by atoms with Crippen LogP contribution in [0.3, 0.4) is 0 Å². The summed E-state index contributed by atoms with van der Waals surface area (Å²) in [6.45, 7) is -0.113. The predicted octanol–water partition coefficient (Wildman–Crippen LogP) is 3.44. The molecule has 5 nitrogen and oxygen atoms in total. The van der Waals surface area contributed by atoms with E-state index in [1.807, 2.05) is 18.2 Å². The number of ether oxygens (including phenoxy) is 2. The van der Waals surface area contributed by atoms with Crippen molar-refractivity contribution in [2.24, 2.45) is 5.16 Å². The molecular formula is C17H16ClNO4. The van der Waals surface area contributed by atoms with Crippen molar-refractivity contribution in [2.75, 3.05) is 13.7 Å². The largest absolute Gasteiger partial charge is 0.497 e. The normalized spacial score (nSPS) is 10.5. The summed E-state index contributed by atoms with van der Waals surface area (Å²) in [5.41, 5.74) is 1.64.